The molecule has 0 saturated heterocycles. The van der Waals surface area contributed by atoms with Crippen LogP contribution in [-0.4, -0.2) is 63.4 Å². The Morgan fingerprint density at radius 2 is 1.96 bits per heavy atom. The molecule has 1 aromatic carbocycles. The number of amides is 1. The molecule has 3 atom stereocenters. The van der Waals surface area contributed by atoms with E-state index in [1.807, 2.05) is 30.3 Å². The third-order valence-electron chi connectivity index (χ3n) is 3.13. The molecule has 9 nitrogen and oxygen atoms in total. The van der Waals surface area contributed by atoms with E-state index in [1.165, 1.54) is 0 Å². The van der Waals surface area contributed by atoms with Gasteiger partial charge in [-0.25, -0.2) is 10.4 Å². The quantitative estimate of drug-likeness (QED) is 0.205. The van der Waals surface area contributed by atoms with Crippen molar-refractivity contribution in [1.29, 1.82) is 0 Å². The Morgan fingerprint density at radius 1 is 1.25 bits per heavy atom. The lowest BCUT2D eigenvalue weighted by Gasteiger charge is -2.17. The molecular formula is C15H18N4O5. The van der Waals surface area contributed by atoms with Gasteiger partial charge in [-0.05, 0) is 11.6 Å². The number of nitrogens with one attached hydrogen (secondary N) is 2. The van der Waals surface area contributed by atoms with Gasteiger partial charge in [0.2, 0.25) is 5.96 Å². The number of nitrogens with zero attached hydrogens (tertiary/aromatic N) is 2. The highest BCUT2D eigenvalue weighted by Gasteiger charge is 2.23. The summed E-state index contributed by atoms with van der Waals surface area (Å²) in [6, 6.07) is 9.17. The third-order valence-corrected chi connectivity index (χ3v) is 3.13. The number of guanidine groups is 1. The molecule has 0 fully saturated rings. The van der Waals surface area contributed by atoms with Crippen LogP contribution in [0.15, 0.2) is 46.1 Å². The van der Waals surface area contributed by atoms with Gasteiger partial charge in [-0.3, -0.25) is 10.1 Å². The molecule has 0 bridgehead atoms. The summed E-state index contributed by atoms with van der Waals surface area (Å²) in [5.41, 5.74) is 3.40. The molecule has 0 aromatic heterocycles. The van der Waals surface area contributed by atoms with Crippen molar-refractivity contribution in [2.75, 3.05) is 6.61 Å². The first-order valence-electron chi connectivity index (χ1n) is 7.12. The maximum atomic E-state index is 11.8. The fourth-order valence-corrected chi connectivity index (χ4v) is 1.83. The zero-order valence-electron chi connectivity index (χ0n) is 12.6. The van der Waals surface area contributed by atoms with Gasteiger partial charge >= 0.3 is 0 Å². The van der Waals surface area contributed by atoms with Crippen molar-refractivity contribution in [2.24, 2.45) is 10.1 Å². The number of rotatable bonds is 6. The van der Waals surface area contributed by atoms with E-state index in [-0.39, 0.29) is 11.7 Å². The van der Waals surface area contributed by atoms with Crippen molar-refractivity contribution < 1.29 is 25.2 Å². The monoisotopic (exact) mass is 334 g/mol. The predicted molar refractivity (Wildman–Crippen MR) is 86.7 cm³/mol. The molecule has 9 heteroatoms. The van der Waals surface area contributed by atoms with Gasteiger partial charge in [0.25, 0.3) is 5.91 Å². The van der Waals surface area contributed by atoms with Crippen molar-refractivity contribution in [3.8, 4) is 0 Å². The van der Waals surface area contributed by atoms with Gasteiger partial charge in [0.1, 0.15) is 24.0 Å². The number of carbonyl (C=O) groups excluding carboxylic acids is 1. The van der Waals surface area contributed by atoms with Crippen molar-refractivity contribution in [3.63, 3.8) is 0 Å². The first-order chi connectivity index (χ1) is 11.5. The SMILES string of the molecule is O=C1NC(N/N=C\[C@H](O)[C@H](O)[C@H](O)CO)=N/C1=C\c1ccccc1. The Bertz CT molecular complexity index is 659. The lowest BCUT2D eigenvalue weighted by Crippen LogP contribution is -2.41. The third kappa shape index (κ3) is 4.70. The second kappa shape index (κ2) is 8.31. The van der Waals surface area contributed by atoms with Gasteiger partial charge in [-0.1, -0.05) is 30.3 Å². The molecule has 1 aromatic rings. The minimum Gasteiger partial charge on any atom is -0.394 e. The summed E-state index contributed by atoms with van der Waals surface area (Å²) in [6.07, 6.45) is -2.07. The van der Waals surface area contributed by atoms with E-state index < -0.39 is 30.8 Å². The van der Waals surface area contributed by atoms with E-state index in [1.54, 1.807) is 6.08 Å². The van der Waals surface area contributed by atoms with Crippen LogP contribution in [0.2, 0.25) is 0 Å². The fourth-order valence-electron chi connectivity index (χ4n) is 1.83. The molecule has 0 saturated carbocycles. The van der Waals surface area contributed by atoms with Gasteiger partial charge in [0, 0.05) is 0 Å². The van der Waals surface area contributed by atoms with Crippen LogP contribution in [0.4, 0.5) is 0 Å². The first-order valence-corrected chi connectivity index (χ1v) is 7.12. The molecule has 6 N–H and O–H groups in total. The van der Waals surface area contributed by atoms with E-state index in [0.29, 0.717) is 0 Å². The van der Waals surface area contributed by atoms with Crippen molar-refractivity contribution in [1.82, 2.24) is 10.7 Å². The molecule has 0 aliphatic carbocycles. The molecular weight excluding hydrogens is 316 g/mol. The number of aliphatic hydroxyl groups excluding tert-OH is 4. The molecule has 0 unspecified atom stereocenters. The van der Waals surface area contributed by atoms with Crippen LogP contribution in [-0.2, 0) is 4.79 Å². The fraction of sp³-hybridized carbons (Fsp3) is 0.267. The van der Waals surface area contributed by atoms with E-state index in [9.17, 15) is 20.1 Å². The molecule has 128 valence electrons. The van der Waals surface area contributed by atoms with E-state index in [4.69, 9.17) is 5.11 Å². The van der Waals surface area contributed by atoms with Gasteiger partial charge in [-0.2, -0.15) is 5.10 Å². The van der Waals surface area contributed by atoms with Gasteiger partial charge < -0.3 is 20.4 Å². The summed E-state index contributed by atoms with van der Waals surface area (Å²) >= 11 is 0. The van der Waals surface area contributed by atoms with Crippen LogP contribution >= 0.6 is 0 Å². The summed E-state index contributed by atoms with van der Waals surface area (Å²) < 4.78 is 0. The summed E-state index contributed by atoms with van der Waals surface area (Å²) in [5, 5.41) is 42.9. The van der Waals surface area contributed by atoms with Crippen LogP contribution in [0, 0.1) is 0 Å². The van der Waals surface area contributed by atoms with Crippen LogP contribution < -0.4 is 10.7 Å². The molecule has 0 radical (unpaired) electrons. The topological polar surface area (TPSA) is 147 Å². The molecule has 1 amide bonds. The average molecular weight is 334 g/mol. The number of hydrogen-bond donors (Lipinski definition) is 6. The lowest BCUT2D eigenvalue weighted by atomic mass is 10.1. The molecule has 0 spiro atoms. The van der Waals surface area contributed by atoms with E-state index >= 15 is 0 Å². The molecule has 1 heterocycles. The molecule has 2 rings (SSSR count). The van der Waals surface area contributed by atoms with Crippen molar-refractivity contribution >= 4 is 24.2 Å². The summed E-state index contributed by atoms with van der Waals surface area (Å²) in [4.78, 5) is 15.8. The highest BCUT2D eigenvalue weighted by Crippen LogP contribution is 2.11. The second-order valence-corrected chi connectivity index (χ2v) is 4.98. The Hall–Kier alpha value is -2.59. The zero-order valence-corrected chi connectivity index (χ0v) is 12.6. The number of aliphatic imine (C=N–C) groups is 1. The van der Waals surface area contributed by atoms with Crippen LogP contribution in [0.5, 0.6) is 0 Å². The number of hydrazone groups is 1. The Balaban J connectivity index is 1.96. The first kappa shape index (κ1) is 17.8. The van der Waals surface area contributed by atoms with E-state index in [2.05, 4.69) is 20.8 Å². The zero-order chi connectivity index (χ0) is 17.5. The molecule has 24 heavy (non-hydrogen) atoms. The van der Waals surface area contributed by atoms with Gasteiger partial charge in [0.05, 0.1) is 12.8 Å². The normalized spacial score (nSPS) is 19.9. The maximum absolute atomic E-state index is 11.8. The average Bonchev–Trinajstić information content (AvgIpc) is 2.93. The van der Waals surface area contributed by atoms with Crippen molar-refractivity contribution in [2.45, 2.75) is 18.3 Å². The highest BCUT2D eigenvalue weighted by atomic mass is 16.4. The molecule has 1 aliphatic rings. The number of benzene rings is 1. The molecule has 1 aliphatic heterocycles. The standard InChI is InChI=1S/C15H18N4O5/c20-8-12(22)13(23)11(21)7-16-19-15-17-10(14(24)18-15)6-9-4-2-1-3-5-9/h1-7,11-13,20-23H,8H2,(H2,17,18,19,24)/b10-6-,16-7-/t11-,12+,13-/m0/s1. The number of aliphatic hydroxyl groups is 4. The maximum Gasteiger partial charge on any atom is 0.276 e. The largest absolute Gasteiger partial charge is 0.394 e. The highest BCUT2D eigenvalue weighted by molar-refractivity contribution is 6.13. The lowest BCUT2D eigenvalue weighted by molar-refractivity contribution is -0.115. The van der Waals surface area contributed by atoms with Gasteiger partial charge in [-0.15, -0.1) is 0 Å². The van der Waals surface area contributed by atoms with Crippen LogP contribution in [0.1, 0.15) is 5.56 Å². The number of carbonyl (C=O) groups is 1. The summed E-state index contributed by atoms with van der Waals surface area (Å²) in [5.74, 6) is -0.351. The van der Waals surface area contributed by atoms with Crippen molar-refractivity contribution in [3.05, 3.63) is 41.6 Å². The summed E-state index contributed by atoms with van der Waals surface area (Å²) in [7, 11) is 0. The minimum atomic E-state index is -1.59. The van der Waals surface area contributed by atoms with Gasteiger partial charge in [0.15, 0.2) is 0 Å². The summed E-state index contributed by atoms with van der Waals surface area (Å²) in [6.45, 7) is -0.699. The smallest absolute Gasteiger partial charge is 0.276 e. The second-order valence-electron chi connectivity index (χ2n) is 4.98. The van der Waals surface area contributed by atoms with E-state index in [0.717, 1.165) is 11.8 Å². The Kier molecular flexibility index (Phi) is 6.15. The minimum absolute atomic E-state index is 0.0582. The van der Waals surface area contributed by atoms with Crippen LogP contribution in [0.3, 0.4) is 0 Å². The Labute approximate surface area is 137 Å². The van der Waals surface area contributed by atoms with Crippen LogP contribution in [0.25, 0.3) is 6.08 Å². The number of hydrogen-bond acceptors (Lipinski definition) is 8. The Morgan fingerprint density at radius 3 is 2.62 bits per heavy atom. The predicted octanol–water partition coefficient (Wildman–Crippen LogP) is -1.84.